The zero-order chi connectivity index (χ0) is 31.0. The van der Waals surface area contributed by atoms with E-state index < -0.39 is 5.54 Å². The van der Waals surface area contributed by atoms with Gasteiger partial charge < -0.3 is 20.5 Å². The predicted molar refractivity (Wildman–Crippen MR) is 164 cm³/mol. The third-order valence-corrected chi connectivity index (χ3v) is 8.40. The van der Waals surface area contributed by atoms with Crippen molar-refractivity contribution in [1.82, 2.24) is 28.9 Å². The summed E-state index contributed by atoms with van der Waals surface area (Å²) in [4.78, 5) is 39.6. The molecule has 0 atom stereocenters. The number of carbonyl (C=O) groups is 1. The highest BCUT2D eigenvalue weighted by molar-refractivity contribution is 5.97. The van der Waals surface area contributed by atoms with Crippen LogP contribution in [0.15, 0.2) is 77.4 Å². The molecule has 0 unspecified atom stereocenters. The molecule has 12 heteroatoms. The summed E-state index contributed by atoms with van der Waals surface area (Å²) in [6.45, 7) is 5.60. The second-order valence-corrected chi connectivity index (χ2v) is 11.7. The molecule has 44 heavy (non-hydrogen) atoms. The van der Waals surface area contributed by atoms with Crippen LogP contribution in [-0.4, -0.2) is 77.7 Å². The molecule has 3 N–H and O–H groups in total. The molecule has 2 fully saturated rings. The van der Waals surface area contributed by atoms with Gasteiger partial charge in [0, 0.05) is 37.8 Å². The zero-order valence-electron chi connectivity index (χ0n) is 24.6. The lowest BCUT2D eigenvalue weighted by Crippen LogP contribution is -2.59. The van der Waals surface area contributed by atoms with E-state index in [0.717, 1.165) is 0 Å². The van der Waals surface area contributed by atoms with Crippen LogP contribution >= 0.6 is 0 Å². The number of imidazole rings is 1. The molecule has 0 spiro atoms. The normalized spacial score (nSPS) is 17.0. The lowest BCUT2D eigenvalue weighted by molar-refractivity contribution is -0.128. The van der Waals surface area contributed by atoms with Gasteiger partial charge >= 0.3 is 5.69 Å². The fraction of sp³-hybridized carbons (Fsp3) is 0.344. The van der Waals surface area contributed by atoms with Crippen LogP contribution in [0, 0.1) is 11.3 Å². The Bertz CT molecular complexity index is 1810. The first-order chi connectivity index (χ1) is 21.2. The van der Waals surface area contributed by atoms with Crippen LogP contribution in [0.2, 0.25) is 0 Å². The lowest BCUT2D eigenvalue weighted by Gasteiger charge is -2.46. The van der Waals surface area contributed by atoms with Crippen molar-refractivity contribution in [3.05, 3.63) is 83.1 Å². The number of nitrogens with zero attached hydrogens (tertiary/aromatic N) is 7. The highest BCUT2D eigenvalue weighted by Crippen LogP contribution is 2.30. The van der Waals surface area contributed by atoms with Gasteiger partial charge in [-0.15, -0.1) is 0 Å². The molecule has 2 aliphatic heterocycles. The van der Waals surface area contributed by atoms with Crippen molar-refractivity contribution in [2.24, 2.45) is 0 Å². The minimum atomic E-state index is -0.543. The van der Waals surface area contributed by atoms with Gasteiger partial charge in [0.25, 0.3) is 5.91 Å². The number of nitriles is 1. The Balaban J connectivity index is 1.23. The highest BCUT2D eigenvalue weighted by atomic mass is 16.5. The number of benzene rings is 2. The first-order valence-corrected chi connectivity index (χ1v) is 14.6. The molecule has 2 aromatic carbocycles. The van der Waals surface area contributed by atoms with E-state index >= 15 is 0 Å². The Morgan fingerprint density at radius 2 is 1.73 bits per heavy atom. The Kier molecular flexibility index (Phi) is 7.67. The number of β-amino-alcohol motifs (C(OH)–C–C–N with tert-alkyl or cyclic N) is 1. The second kappa shape index (κ2) is 11.6. The number of aliphatic hydroxyl groups is 1. The molecule has 2 aromatic heterocycles. The molecular formula is C32H34N8O4. The smallest absolute Gasteiger partial charge is 0.335 e. The number of hydrogen-bond donors (Lipinski definition) is 2. The number of fused-ring (bicyclic) bond motifs is 1. The summed E-state index contributed by atoms with van der Waals surface area (Å²) in [5.74, 6) is 1.17. The number of anilines is 1. The van der Waals surface area contributed by atoms with Crippen molar-refractivity contribution in [1.29, 1.82) is 5.26 Å². The van der Waals surface area contributed by atoms with E-state index in [4.69, 9.17) is 10.5 Å². The van der Waals surface area contributed by atoms with Gasteiger partial charge in [0.1, 0.15) is 35.0 Å². The molecular weight excluding hydrogens is 560 g/mol. The average Bonchev–Trinajstić information content (AvgIpc) is 3.31. The number of aliphatic hydroxyl groups excluding tert-OH is 1. The number of para-hydroxylation sites is 1. The number of nitrogens with two attached hydrogens (primary N) is 1. The summed E-state index contributed by atoms with van der Waals surface area (Å²) in [6, 6.07) is 18.4. The maximum absolute atomic E-state index is 14.0. The number of likely N-dealkylation sites (tertiary alicyclic amines) is 2. The average molecular weight is 595 g/mol. The maximum atomic E-state index is 14.0. The number of amides is 1. The first-order valence-electron chi connectivity index (χ1n) is 14.6. The summed E-state index contributed by atoms with van der Waals surface area (Å²) in [7, 11) is 0. The molecule has 2 saturated heterocycles. The Labute approximate surface area is 254 Å². The molecule has 12 nitrogen and oxygen atoms in total. The van der Waals surface area contributed by atoms with Crippen LogP contribution in [0.25, 0.3) is 16.9 Å². The van der Waals surface area contributed by atoms with Crippen LogP contribution < -0.4 is 16.2 Å². The molecule has 1 amide bonds. The quantitative estimate of drug-likeness (QED) is 0.243. The van der Waals surface area contributed by atoms with Crippen molar-refractivity contribution in [2.45, 2.75) is 44.4 Å². The van der Waals surface area contributed by atoms with E-state index in [1.54, 1.807) is 39.8 Å². The van der Waals surface area contributed by atoms with Crippen molar-refractivity contribution < 1.29 is 14.6 Å². The summed E-state index contributed by atoms with van der Waals surface area (Å²) in [5, 5.41) is 19.5. The fourth-order valence-electron chi connectivity index (χ4n) is 5.93. The Morgan fingerprint density at radius 1 is 1.07 bits per heavy atom. The van der Waals surface area contributed by atoms with Crippen molar-refractivity contribution in [3.8, 4) is 23.3 Å². The van der Waals surface area contributed by atoms with Gasteiger partial charge in [0.15, 0.2) is 11.5 Å². The molecule has 0 radical (unpaired) electrons. The van der Waals surface area contributed by atoms with Gasteiger partial charge in [0.2, 0.25) is 0 Å². The zero-order valence-corrected chi connectivity index (χ0v) is 24.6. The number of rotatable bonds is 7. The molecule has 6 rings (SSSR count). The second-order valence-electron chi connectivity index (χ2n) is 11.7. The van der Waals surface area contributed by atoms with Crippen LogP contribution in [0.3, 0.4) is 0 Å². The molecule has 4 heterocycles. The highest BCUT2D eigenvalue weighted by Gasteiger charge is 2.37. The third kappa shape index (κ3) is 5.43. The number of aromatic nitrogens is 4. The van der Waals surface area contributed by atoms with Crippen LogP contribution in [0.5, 0.6) is 11.5 Å². The van der Waals surface area contributed by atoms with E-state index in [1.165, 1.54) is 10.9 Å². The van der Waals surface area contributed by atoms with Crippen LogP contribution in [0.4, 0.5) is 5.82 Å². The van der Waals surface area contributed by atoms with E-state index in [0.29, 0.717) is 67.4 Å². The standard InChI is InChI=1S/C32H34N8O4/c1-32(2,38-18-24(41)19-38)16-21(17-33)30(42)37-14-12-23(13-15-37)40-29-27(28(34)35-20-36-29)39(31(40)43)22-8-10-26(11-9-22)44-25-6-4-3-5-7-25/h3-11,16,20,23-24,41H,12-15,18-19H2,1-2H3,(H2,34,35,36)/b21-16-. The minimum Gasteiger partial charge on any atom is -0.457 e. The minimum absolute atomic E-state index is 0.0730. The first kappa shape index (κ1) is 29.1. The topological polar surface area (TPSA) is 156 Å². The fourth-order valence-corrected chi connectivity index (χ4v) is 5.93. The van der Waals surface area contributed by atoms with Gasteiger partial charge in [-0.3, -0.25) is 18.8 Å². The number of piperidine rings is 1. The summed E-state index contributed by atoms with van der Waals surface area (Å²) >= 11 is 0. The third-order valence-electron chi connectivity index (χ3n) is 8.40. The Hall–Kier alpha value is -4.99. The summed E-state index contributed by atoms with van der Waals surface area (Å²) in [5.41, 5.74) is 6.95. The monoisotopic (exact) mass is 594 g/mol. The van der Waals surface area contributed by atoms with Gasteiger partial charge in [-0.25, -0.2) is 14.8 Å². The van der Waals surface area contributed by atoms with Gasteiger partial charge in [-0.2, -0.15) is 5.26 Å². The van der Waals surface area contributed by atoms with E-state index in [9.17, 15) is 20.0 Å². The predicted octanol–water partition coefficient (Wildman–Crippen LogP) is 3.03. The van der Waals surface area contributed by atoms with Gasteiger partial charge in [-0.1, -0.05) is 18.2 Å². The maximum Gasteiger partial charge on any atom is 0.335 e. The summed E-state index contributed by atoms with van der Waals surface area (Å²) in [6.07, 6.45) is 3.64. The van der Waals surface area contributed by atoms with Crippen molar-refractivity contribution in [2.75, 3.05) is 31.9 Å². The molecule has 2 aliphatic rings. The Morgan fingerprint density at radius 3 is 2.36 bits per heavy atom. The molecule has 4 aromatic rings. The molecule has 0 aliphatic carbocycles. The number of carbonyl (C=O) groups excluding carboxylic acids is 1. The lowest BCUT2D eigenvalue weighted by atomic mass is 9.93. The van der Waals surface area contributed by atoms with Crippen molar-refractivity contribution in [3.63, 3.8) is 0 Å². The largest absolute Gasteiger partial charge is 0.457 e. The van der Waals surface area contributed by atoms with E-state index in [1.807, 2.05) is 49.1 Å². The van der Waals surface area contributed by atoms with E-state index in [2.05, 4.69) is 16.0 Å². The van der Waals surface area contributed by atoms with Crippen molar-refractivity contribution >= 4 is 22.9 Å². The number of ether oxygens (including phenoxy) is 1. The number of nitrogen functional groups attached to an aromatic ring is 1. The molecule has 0 bridgehead atoms. The van der Waals surface area contributed by atoms with Gasteiger partial charge in [0.05, 0.1) is 11.8 Å². The number of hydrogen-bond acceptors (Lipinski definition) is 9. The molecule has 0 saturated carbocycles. The summed E-state index contributed by atoms with van der Waals surface area (Å²) < 4.78 is 9.06. The molecule has 226 valence electrons. The van der Waals surface area contributed by atoms with Gasteiger partial charge in [-0.05, 0) is 69.2 Å². The van der Waals surface area contributed by atoms with Crippen LogP contribution in [0.1, 0.15) is 32.7 Å². The SMILES string of the molecule is CC(C)(/C=C(/C#N)C(=O)N1CCC(n2c(=O)n(-c3ccc(Oc4ccccc4)cc3)c3c(N)ncnc32)CC1)N1CC(O)C1. The van der Waals surface area contributed by atoms with Crippen LogP contribution in [-0.2, 0) is 4.79 Å². The van der Waals surface area contributed by atoms with E-state index in [-0.39, 0.29) is 35.1 Å².